The van der Waals surface area contributed by atoms with E-state index in [-0.39, 0.29) is 11.8 Å². The van der Waals surface area contributed by atoms with Crippen LogP contribution in [0.4, 0.5) is 5.82 Å². The molecule has 1 saturated heterocycles. The third kappa shape index (κ3) is 5.02. The predicted molar refractivity (Wildman–Crippen MR) is 110 cm³/mol. The van der Waals surface area contributed by atoms with Crippen molar-refractivity contribution in [3.63, 3.8) is 0 Å². The van der Waals surface area contributed by atoms with E-state index in [1.165, 1.54) is 0 Å². The van der Waals surface area contributed by atoms with Crippen molar-refractivity contribution >= 4 is 39.0 Å². The van der Waals surface area contributed by atoms with Crippen LogP contribution in [0.1, 0.15) is 12.8 Å². The summed E-state index contributed by atoms with van der Waals surface area (Å²) in [6, 6.07) is 8.09. The molecule has 1 aliphatic heterocycles. The maximum Gasteiger partial charge on any atom is 0.223 e. The van der Waals surface area contributed by atoms with Crippen molar-refractivity contribution in [1.29, 1.82) is 0 Å². The number of hydrogen-bond acceptors (Lipinski definition) is 6. The fraction of sp³-hybridized carbons (Fsp3) is 0.500. The van der Waals surface area contributed by atoms with Gasteiger partial charge in [-0.15, -0.1) is 21.5 Å². The number of nitrogens with zero attached hydrogens (tertiary/aromatic N) is 4. The number of hydrogen-bond donors (Lipinski definition) is 1. The lowest BCUT2D eigenvalue weighted by atomic mass is 9.96. The van der Waals surface area contributed by atoms with Gasteiger partial charge in [0, 0.05) is 32.1 Å². The van der Waals surface area contributed by atoms with Crippen molar-refractivity contribution in [2.45, 2.75) is 12.8 Å². The molecule has 26 heavy (non-hydrogen) atoms. The second-order valence-electron chi connectivity index (χ2n) is 6.74. The molecular formula is C18H24BrN5OS. The molecule has 0 radical (unpaired) electrons. The Kier molecular flexibility index (Phi) is 6.61. The largest absolute Gasteiger partial charge is 0.355 e. The molecule has 0 spiro atoms. The molecule has 2 aromatic heterocycles. The highest BCUT2D eigenvalue weighted by atomic mass is 79.9. The van der Waals surface area contributed by atoms with Crippen LogP contribution < -0.4 is 10.2 Å². The van der Waals surface area contributed by atoms with E-state index >= 15 is 0 Å². The van der Waals surface area contributed by atoms with Gasteiger partial charge >= 0.3 is 0 Å². The number of carbonyl (C=O) groups excluding carboxylic acids is 1. The number of anilines is 1. The molecule has 3 heterocycles. The number of amides is 1. The van der Waals surface area contributed by atoms with Crippen molar-refractivity contribution in [1.82, 2.24) is 20.4 Å². The molecule has 1 N–H and O–H groups in total. The summed E-state index contributed by atoms with van der Waals surface area (Å²) in [6.45, 7) is 3.25. The molecule has 2 aromatic rings. The number of piperidine rings is 1. The third-order valence-electron chi connectivity index (χ3n) is 4.52. The standard InChI is InChI=1S/C18H24BrN5OS/c1-23(2)12-9-20-18(25)13-7-10-24(11-8-13)17-6-3-14(21-22-17)15-4-5-16(19)26-15/h3-6,13H,7-12H2,1-2H3,(H,20,25). The van der Waals surface area contributed by atoms with Crippen LogP contribution in [0, 0.1) is 5.92 Å². The van der Waals surface area contributed by atoms with Gasteiger partial charge in [0.1, 0.15) is 5.69 Å². The minimum absolute atomic E-state index is 0.101. The van der Waals surface area contributed by atoms with Crippen LogP contribution in [0.5, 0.6) is 0 Å². The topological polar surface area (TPSA) is 61.4 Å². The van der Waals surface area contributed by atoms with Crippen LogP contribution in [-0.4, -0.2) is 61.3 Å². The first-order valence-corrected chi connectivity index (χ1v) is 10.4. The first-order chi connectivity index (χ1) is 12.5. The summed E-state index contributed by atoms with van der Waals surface area (Å²) in [4.78, 5) is 17.6. The second-order valence-corrected chi connectivity index (χ2v) is 9.20. The van der Waals surface area contributed by atoms with E-state index in [4.69, 9.17) is 0 Å². The summed E-state index contributed by atoms with van der Waals surface area (Å²) in [7, 11) is 4.02. The number of rotatable bonds is 6. The third-order valence-corrected chi connectivity index (χ3v) is 6.17. The van der Waals surface area contributed by atoms with E-state index in [2.05, 4.69) is 41.2 Å². The normalized spacial score (nSPS) is 15.5. The summed E-state index contributed by atoms with van der Waals surface area (Å²) < 4.78 is 1.09. The first kappa shape index (κ1) is 19.3. The Labute approximate surface area is 166 Å². The summed E-state index contributed by atoms with van der Waals surface area (Å²) in [6.07, 6.45) is 1.71. The molecule has 8 heteroatoms. The lowest BCUT2D eigenvalue weighted by Gasteiger charge is -2.31. The fourth-order valence-corrected chi connectivity index (χ4v) is 4.35. The smallest absolute Gasteiger partial charge is 0.223 e. The number of thiophene rings is 1. The van der Waals surface area contributed by atoms with E-state index in [0.29, 0.717) is 6.54 Å². The number of aromatic nitrogens is 2. The van der Waals surface area contributed by atoms with Gasteiger partial charge in [0.05, 0.1) is 8.66 Å². The van der Waals surface area contributed by atoms with Gasteiger partial charge in [0.2, 0.25) is 5.91 Å². The Morgan fingerprint density at radius 2 is 2.04 bits per heavy atom. The fourth-order valence-electron chi connectivity index (χ4n) is 3.00. The van der Waals surface area contributed by atoms with Gasteiger partial charge in [-0.2, -0.15) is 0 Å². The van der Waals surface area contributed by atoms with Gasteiger partial charge in [0.25, 0.3) is 0 Å². The molecular weight excluding hydrogens is 414 g/mol. The Morgan fingerprint density at radius 3 is 2.62 bits per heavy atom. The maximum atomic E-state index is 12.2. The van der Waals surface area contributed by atoms with Crippen LogP contribution in [0.3, 0.4) is 0 Å². The van der Waals surface area contributed by atoms with Crippen LogP contribution in [0.15, 0.2) is 28.1 Å². The summed E-state index contributed by atoms with van der Waals surface area (Å²) in [5.74, 6) is 1.16. The second kappa shape index (κ2) is 8.92. The van der Waals surface area contributed by atoms with Crippen LogP contribution >= 0.6 is 27.3 Å². The van der Waals surface area contributed by atoms with Crippen molar-refractivity contribution in [3.05, 3.63) is 28.1 Å². The van der Waals surface area contributed by atoms with Gasteiger partial charge in [-0.25, -0.2) is 0 Å². The number of carbonyl (C=O) groups is 1. The van der Waals surface area contributed by atoms with Gasteiger partial charge < -0.3 is 15.1 Å². The highest BCUT2D eigenvalue weighted by Gasteiger charge is 2.25. The number of nitrogens with one attached hydrogen (secondary N) is 1. The first-order valence-electron chi connectivity index (χ1n) is 8.80. The van der Waals surface area contributed by atoms with Gasteiger partial charge in [-0.3, -0.25) is 4.79 Å². The summed E-state index contributed by atoms with van der Waals surface area (Å²) in [5.41, 5.74) is 0.889. The maximum absolute atomic E-state index is 12.2. The molecule has 140 valence electrons. The number of likely N-dealkylation sites (N-methyl/N-ethyl adjacent to an activating group) is 1. The SMILES string of the molecule is CN(C)CCNC(=O)C1CCN(c2ccc(-c3ccc(Br)s3)nn2)CC1. The van der Waals surface area contributed by atoms with E-state index in [1.54, 1.807) is 11.3 Å². The van der Waals surface area contributed by atoms with Crippen molar-refractivity contribution < 1.29 is 4.79 Å². The highest BCUT2D eigenvalue weighted by Crippen LogP contribution is 2.30. The molecule has 1 aliphatic rings. The van der Waals surface area contributed by atoms with Gasteiger partial charge in [0.15, 0.2) is 5.82 Å². The molecule has 0 saturated carbocycles. The Bertz CT molecular complexity index is 725. The zero-order valence-electron chi connectivity index (χ0n) is 15.1. The Hall–Kier alpha value is -1.51. The van der Waals surface area contributed by atoms with Crippen LogP contribution in [0.2, 0.25) is 0 Å². The molecule has 0 unspecified atom stereocenters. The molecule has 1 fully saturated rings. The Morgan fingerprint density at radius 1 is 1.27 bits per heavy atom. The van der Waals surface area contributed by atoms with Gasteiger partial charge in [-0.05, 0) is 67.1 Å². The van der Waals surface area contributed by atoms with E-state index in [9.17, 15) is 4.79 Å². The van der Waals surface area contributed by atoms with Crippen LogP contribution in [-0.2, 0) is 4.79 Å². The molecule has 3 rings (SSSR count). The summed E-state index contributed by atoms with van der Waals surface area (Å²) in [5, 5.41) is 11.8. The van der Waals surface area contributed by atoms with Gasteiger partial charge in [-0.1, -0.05) is 0 Å². The van der Waals surface area contributed by atoms with Crippen molar-refractivity contribution in [2.75, 3.05) is 45.2 Å². The van der Waals surface area contributed by atoms with Crippen molar-refractivity contribution in [3.8, 4) is 10.6 Å². The Balaban J connectivity index is 1.51. The zero-order valence-corrected chi connectivity index (χ0v) is 17.5. The van der Waals surface area contributed by atoms with Crippen LogP contribution in [0.25, 0.3) is 10.6 Å². The monoisotopic (exact) mass is 437 g/mol. The predicted octanol–water partition coefficient (Wildman–Crippen LogP) is 2.86. The quantitative estimate of drug-likeness (QED) is 0.752. The molecule has 1 amide bonds. The molecule has 0 bridgehead atoms. The minimum Gasteiger partial charge on any atom is -0.355 e. The molecule has 0 aromatic carbocycles. The average molecular weight is 438 g/mol. The summed E-state index contributed by atoms with van der Waals surface area (Å²) >= 11 is 5.12. The number of halogens is 1. The molecule has 0 aliphatic carbocycles. The molecule has 0 atom stereocenters. The zero-order chi connectivity index (χ0) is 18.5. The average Bonchev–Trinajstić information content (AvgIpc) is 3.08. The van der Waals surface area contributed by atoms with E-state index in [0.717, 1.165) is 52.7 Å². The highest BCUT2D eigenvalue weighted by molar-refractivity contribution is 9.11. The van der Waals surface area contributed by atoms with E-state index in [1.807, 2.05) is 38.4 Å². The van der Waals surface area contributed by atoms with E-state index < -0.39 is 0 Å². The lowest BCUT2D eigenvalue weighted by Crippen LogP contribution is -2.42. The van der Waals surface area contributed by atoms with Crippen molar-refractivity contribution in [2.24, 2.45) is 5.92 Å². The minimum atomic E-state index is 0.101. The molecule has 6 nitrogen and oxygen atoms in total. The lowest BCUT2D eigenvalue weighted by molar-refractivity contribution is -0.125.